The summed E-state index contributed by atoms with van der Waals surface area (Å²) in [6.45, 7) is 0. The summed E-state index contributed by atoms with van der Waals surface area (Å²) in [6.07, 6.45) is 7.00. The molecule has 0 radical (unpaired) electrons. The average Bonchev–Trinajstić information content (AvgIpc) is 3.07. The number of hydrogen-bond donors (Lipinski definition) is 1. The molecule has 1 aromatic rings. The Hall–Kier alpha value is -0.730. The number of halogens is 1. The Morgan fingerprint density at radius 3 is 2.80 bits per heavy atom. The molecule has 110 valence electrons. The van der Waals surface area contributed by atoms with Gasteiger partial charge in [0.2, 0.25) is 0 Å². The number of ether oxygens (including phenoxy) is 1. The highest BCUT2D eigenvalue weighted by Crippen LogP contribution is 2.51. The van der Waals surface area contributed by atoms with E-state index >= 15 is 0 Å². The van der Waals surface area contributed by atoms with E-state index in [2.05, 4.69) is 11.4 Å². The standard InChI is InChI=1S/C17H24ClNO/c1-19-16(9-13-8-11-3-4-12(13)7-11)15-10-14(18)5-6-17(15)20-2/h5-6,10-13,16,19H,3-4,7-9H2,1-2H3. The molecule has 0 aromatic heterocycles. The van der Waals surface area contributed by atoms with Crippen molar-refractivity contribution in [3.63, 3.8) is 0 Å². The molecule has 0 saturated heterocycles. The summed E-state index contributed by atoms with van der Waals surface area (Å²) in [5, 5.41) is 4.25. The predicted molar refractivity (Wildman–Crippen MR) is 83.4 cm³/mol. The van der Waals surface area contributed by atoms with Crippen LogP contribution in [0.15, 0.2) is 18.2 Å². The van der Waals surface area contributed by atoms with Gasteiger partial charge in [0.15, 0.2) is 0 Å². The molecule has 2 fully saturated rings. The highest BCUT2D eigenvalue weighted by atomic mass is 35.5. The van der Waals surface area contributed by atoms with Gasteiger partial charge >= 0.3 is 0 Å². The van der Waals surface area contributed by atoms with Gasteiger partial charge in [0.1, 0.15) is 5.75 Å². The summed E-state index contributed by atoms with van der Waals surface area (Å²) in [7, 11) is 3.77. The molecule has 2 bridgehead atoms. The lowest BCUT2D eigenvalue weighted by Crippen LogP contribution is -2.23. The molecule has 2 aliphatic rings. The zero-order chi connectivity index (χ0) is 14.1. The Kier molecular flexibility index (Phi) is 4.23. The smallest absolute Gasteiger partial charge is 0.123 e. The first-order chi connectivity index (χ1) is 9.71. The summed E-state index contributed by atoms with van der Waals surface area (Å²) >= 11 is 6.17. The summed E-state index contributed by atoms with van der Waals surface area (Å²) < 4.78 is 5.51. The van der Waals surface area contributed by atoms with Gasteiger partial charge in [-0.15, -0.1) is 0 Å². The lowest BCUT2D eigenvalue weighted by Gasteiger charge is -2.27. The summed E-state index contributed by atoms with van der Waals surface area (Å²) in [4.78, 5) is 0. The second-order valence-electron chi connectivity index (χ2n) is 6.40. The van der Waals surface area contributed by atoms with Gasteiger partial charge in [-0.3, -0.25) is 0 Å². The van der Waals surface area contributed by atoms with Gasteiger partial charge in [-0.2, -0.15) is 0 Å². The van der Waals surface area contributed by atoms with Gasteiger partial charge in [-0.1, -0.05) is 18.0 Å². The molecule has 2 saturated carbocycles. The molecule has 3 heteroatoms. The molecule has 2 aliphatic carbocycles. The van der Waals surface area contributed by atoms with Gasteiger partial charge in [-0.05, 0) is 68.7 Å². The number of fused-ring (bicyclic) bond motifs is 2. The lowest BCUT2D eigenvalue weighted by molar-refractivity contribution is 0.281. The second kappa shape index (κ2) is 5.95. The van der Waals surface area contributed by atoms with Gasteiger partial charge in [0.25, 0.3) is 0 Å². The van der Waals surface area contributed by atoms with Crippen LogP contribution in [0.3, 0.4) is 0 Å². The molecule has 0 aliphatic heterocycles. The van der Waals surface area contributed by atoms with E-state index in [9.17, 15) is 0 Å². The number of nitrogens with one attached hydrogen (secondary N) is 1. The number of rotatable bonds is 5. The van der Waals surface area contributed by atoms with Crippen LogP contribution in [0.5, 0.6) is 5.75 Å². The van der Waals surface area contributed by atoms with Crippen molar-refractivity contribution in [2.75, 3.05) is 14.2 Å². The van der Waals surface area contributed by atoms with E-state index in [4.69, 9.17) is 16.3 Å². The van der Waals surface area contributed by atoms with E-state index < -0.39 is 0 Å². The fourth-order valence-electron chi connectivity index (χ4n) is 4.35. The molecule has 1 aromatic carbocycles. The normalized spacial score (nSPS) is 29.6. The maximum atomic E-state index is 6.17. The third kappa shape index (κ3) is 2.68. The van der Waals surface area contributed by atoms with Crippen LogP contribution in [0.1, 0.15) is 43.7 Å². The van der Waals surface area contributed by atoms with Crippen LogP contribution in [-0.4, -0.2) is 14.2 Å². The molecular weight excluding hydrogens is 270 g/mol. The molecular formula is C17H24ClNO. The minimum atomic E-state index is 0.341. The fourth-order valence-corrected chi connectivity index (χ4v) is 4.53. The third-order valence-corrected chi connectivity index (χ3v) is 5.57. The zero-order valence-corrected chi connectivity index (χ0v) is 13.1. The summed E-state index contributed by atoms with van der Waals surface area (Å²) in [6, 6.07) is 6.26. The highest BCUT2D eigenvalue weighted by molar-refractivity contribution is 6.30. The minimum Gasteiger partial charge on any atom is -0.496 e. The van der Waals surface area contributed by atoms with E-state index in [1.807, 2.05) is 19.2 Å². The van der Waals surface area contributed by atoms with Crippen LogP contribution >= 0.6 is 11.6 Å². The van der Waals surface area contributed by atoms with E-state index in [-0.39, 0.29) is 0 Å². The van der Waals surface area contributed by atoms with Crippen molar-refractivity contribution in [3.05, 3.63) is 28.8 Å². The number of benzene rings is 1. The fraction of sp³-hybridized carbons (Fsp3) is 0.647. The first-order valence-corrected chi connectivity index (χ1v) is 8.09. The topological polar surface area (TPSA) is 21.3 Å². The minimum absolute atomic E-state index is 0.341. The average molecular weight is 294 g/mol. The molecule has 20 heavy (non-hydrogen) atoms. The molecule has 0 heterocycles. The molecule has 3 rings (SSSR count). The monoisotopic (exact) mass is 293 g/mol. The third-order valence-electron chi connectivity index (χ3n) is 5.34. The van der Waals surface area contributed by atoms with Crippen LogP contribution in [-0.2, 0) is 0 Å². The van der Waals surface area contributed by atoms with Gasteiger partial charge in [0.05, 0.1) is 7.11 Å². The van der Waals surface area contributed by atoms with Crippen LogP contribution in [0.2, 0.25) is 5.02 Å². The van der Waals surface area contributed by atoms with Crippen LogP contribution < -0.4 is 10.1 Å². The van der Waals surface area contributed by atoms with Crippen molar-refractivity contribution >= 4 is 11.6 Å². The molecule has 4 unspecified atom stereocenters. The Morgan fingerprint density at radius 2 is 2.20 bits per heavy atom. The van der Waals surface area contributed by atoms with Crippen molar-refractivity contribution < 1.29 is 4.74 Å². The quantitative estimate of drug-likeness (QED) is 0.867. The molecule has 2 nitrogen and oxygen atoms in total. The molecule has 1 N–H and O–H groups in total. The van der Waals surface area contributed by atoms with Crippen molar-refractivity contribution in [1.29, 1.82) is 0 Å². The van der Waals surface area contributed by atoms with Crippen molar-refractivity contribution in [2.45, 2.75) is 38.1 Å². The summed E-state index contributed by atoms with van der Waals surface area (Å²) in [5.41, 5.74) is 1.20. The number of methoxy groups -OCH3 is 1. The van der Waals surface area contributed by atoms with Crippen LogP contribution in [0.25, 0.3) is 0 Å². The maximum absolute atomic E-state index is 6.17. The first kappa shape index (κ1) is 14.2. The molecule has 0 amide bonds. The highest BCUT2D eigenvalue weighted by Gasteiger charge is 2.40. The Morgan fingerprint density at radius 1 is 1.35 bits per heavy atom. The van der Waals surface area contributed by atoms with Crippen molar-refractivity contribution in [3.8, 4) is 5.75 Å². The predicted octanol–water partition coefficient (Wildman–Crippen LogP) is 4.44. The maximum Gasteiger partial charge on any atom is 0.123 e. The van der Waals surface area contributed by atoms with Gasteiger partial charge < -0.3 is 10.1 Å². The van der Waals surface area contributed by atoms with Crippen LogP contribution in [0, 0.1) is 17.8 Å². The van der Waals surface area contributed by atoms with E-state index in [0.717, 1.165) is 28.5 Å². The van der Waals surface area contributed by atoms with E-state index in [1.54, 1.807) is 7.11 Å². The second-order valence-corrected chi connectivity index (χ2v) is 6.83. The number of hydrogen-bond acceptors (Lipinski definition) is 2. The zero-order valence-electron chi connectivity index (χ0n) is 12.4. The Labute approximate surface area is 126 Å². The van der Waals surface area contributed by atoms with Crippen molar-refractivity contribution in [2.24, 2.45) is 17.8 Å². The van der Waals surface area contributed by atoms with Gasteiger partial charge in [-0.25, -0.2) is 0 Å². The SMILES string of the molecule is CNC(CC1CC2CCC1C2)c1cc(Cl)ccc1OC. The Bertz CT molecular complexity index is 476. The first-order valence-electron chi connectivity index (χ1n) is 7.72. The van der Waals surface area contributed by atoms with E-state index in [1.165, 1.54) is 37.7 Å². The van der Waals surface area contributed by atoms with Crippen LogP contribution in [0.4, 0.5) is 0 Å². The summed E-state index contributed by atoms with van der Waals surface area (Å²) in [5.74, 6) is 3.77. The molecule has 4 atom stereocenters. The largest absolute Gasteiger partial charge is 0.496 e. The van der Waals surface area contributed by atoms with Crippen molar-refractivity contribution in [1.82, 2.24) is 5.32 Å². The van der Waals surface area contributed by atoms with E-state index in [0.29, 0.717) is 6.04 Å². The lowest BCUT2D eigenvalue weighted by atomic mass is 9.82. The van der Waals surface area contributed by atoms with Gasteiger partial charge in [0, 0.05) is 16.6 Å². The Balaban J connectivity index is 1.77. The molecule has 0 spiro atoms.